The quantitative estimate of drug-likeness (QED) is 0.893. The molecule has 1 unspecified atom stereocenters. The van der Waals surface area contributed by atoms with Crippen LogP contribution in [0, 0.1) is 18.6 Å². The third kappa shape index (κ3) is 3.29. The molecular formula is C14H19F2NO2. The smallest absolute Gasteiger partial charge is 0.163 e. The summed E-state index contributed by atoms with van der Waals surface area (Å²) >= 11 is 0. The monoisotopic (exact) mass is 271 g/mol. The molecule has 0 bridgehead atoms. The van der Waals surface area contributed by atoms with E-state index in [4.69, 9.17) is 9.47 Å². The lowest BCUT2D eigenvalue weighted by Gasteiger charge is -2.22. The third-order valence-electron chi connectivity index (χ3n) is 3.25. The van der Waals surface area contributed by atoms with E-state index in [0.717, 1.165) is 0 Å². The molecule has 0 radical (unpaired) electrons. The van der Waals surface area contributed by atoms with Crippen molar-refractivity contribution in [2.75, 3.05) is 19.8 Å². The van der Waals surface area contributed by atoms with Gasteiger partial charge in [-0.3, -0.25) is 0 Å². The number of ether oxygens (including phenoxy) is 2. The van der Waals surface area contributed by atoms with Gasteiger partial charge in [-0.05, 0) is 19.0 Å². The second-order valence-electron chi connectivity index (χ2n) is 4.62. The van der Waals surface area contributed by atoms with Gasteiger partial charge in [-0.1, -0.05) is 19.1 Å². The summed E-state index contributed by atoms with van der Waals surface area (Å²) in [6, 6.07) is 2.90. The van der Waals surface area contributed by atoms with Crippen LogP contribution in [-0.4, -0.2) is 26.0 Å². The molecule has 1 aliphatic rings. The van der Waals surface area contributed by atoms with Gasteiger partial charge in [0.05, 0.1) is 13.2 Å². The fourth-order valence-electron chi connectivity index (χ4n) is 2.23. The molecule has 0 amide bonds. The summed E-state index contributed by atoms with van der Waals surface area (Å²) in [5.74, 6) is -1.57. The van der Waals surface area contributed by atoms with E-state index in [9.17, 15) is 8.78 Å². The second kappa shape index (κ2) is 6.41. The highest BCUT2D eigenvalue weighted by molar-refractivity contribution is 5.28. The van der Waals surface area contributed by atoms with Gasteiger partial charge in [0, 0.05) is 18.0 Å². The Bertz CT molecular complexity index is 434. The van der Waals surface area contributed by atoms with Crippen LogP contribution in [-0.2, 0) is 9.47 Å². The Hall–Kier alpha value is -1.04. The lowest BCUT2D eigenvalue weighted by molar-refractivity contribution is -0.0531. The SMILES string of the molecule is CCNC(CC1OCCO1)c1ccc(C)c(F)c1F. The zero-order valence-electron chi connectivity index (χ0n) is 11.2. The maximum absolute atomic E-state index is 14.0. The summed E-state index contributed by atoms with van der Waals surface area (Å²) in [7, 11) is 0. The molecule has 2 rings (SSSR count). The van der Waals surface area contributed by atoms with Crippen LogP contribution in [0.4, 0.5) is 8.78 Å². The summed E-state index contributed by atoms with van der Waals surface area (Å²) in [6.07, 6.45) is 0.112. The van der Waals surface area contributed by atoms with Gasteiger partial charge in [0.1, 0.15) is 0 Å². The van der Waals surface area contributed by atoms with Crippen molar-refractivity contribution >= 4 is 0 Å². The van der Waals surface area contributed by atoms with E-state index in [2.05, 4.69) is 5.32 Å². The minimum atomic E-state index is -0.788. The lowest BCUT2D eigenvalue weighted by Crippen LogP contribution is -2.27. The van der Waals surface area contributed by atoms with Gasteiger partial charge in [0.25, 0.3) is 0 Å². The Kier molecular flexibility index (Phi) is 4.85. The van der Waals surface area contributed by atoms with Gasteiger partial charge in [0.15, 0.2) is 17.9 Å². The van der Waals surface area contributed by atoms with Crippen molar-refractivity contribution < 1.29 is 18.3 Å². The maximum Gasteiger partial charge on any atom is 0.163 e. The van der Waals surface area contributed by atoms with Crippen molar-refractivity contribution in [3.63, 3.8) is 0 Å². The van der Waals surface area contributed by atoms with E-state index in [-0.39, 0.29) is 12.3 Å². The Balaban J connectivity index is 2.20. The summed E-state index contributed by atoms with van der Waals surface area (Å²) < 4.78 is 38.4. The minimum Gasteiger partial charge on any atom is -0.350 e. The molecule has 0 spiro atoms. The molecule has 1 fully saturated rings. The number of benzene rings is 1. The topological polar surface area (TPSA) is 30.5 Å². The van der Waals surface area contributed by atoms with E-state index >= 15 is 0 Å². The van der Waals surface area contributed by atoms with E-state index in [1.807, 2.05) is 6.92 Å². The summed E-state index contributed by atoms with van der Waals surface area (Å²) in [5.41, 5.74) is 0.633. The standard InChI is InChI=1S/C14H19F2NO2/c1-3-17-11(8-12-18-6-7-19-12)10-5-4-9(2)13(15)14(10)16/h4-5,11-12,17H,3,6-8H2,1-2H3. The highest BCUT2D eigenvalue weighted by atomic mass is 19.2. The zero-order chi connectivity index (χ0) is 13.8. The first-order chi connectivity index (χ1) is 9.13. The molecule has 1 heterocycles. The van der Waals surface area contributed by atoms with E-state index < -0.39 is 11.6 Å². The average Bonchev–Trinajstić information content (AvgIpc) is 2.89. The molecular weight excluding hydrogens is 252 g/mol. The molecule has 106 valence electrons. The van der Waals surface area contributed by atoms with Crippen LogP contribution >= 0.6 is 0 Å². The van der Waals surface area contributed by atoms with Crippen molar-refractivity contribution in [1.29, 1.82) is 0 Å². The molecule has 1 N–H and O–H groups in total. The Labute approximate surface area is 111 Å². The second-order valence-corrected chi connectivity index (χ2v) is 4.62. The number of hydrogen-bond acceptors (Lipinski definition) is 3. The molecule has 0 aromatic heterocycles. The Morgan fingerprint density at radius 1 is 1.26 bits per heavy atom. The van der Waals surface area contributed by atoms with Crippen LogP contribution in [0.15, 0.2) is 12.1 Å². The van der Waals surface area contributed by atoms with Crippen LogP contribution in [0.1, 0.15) is 30.5 Å². The molecule has 0 aliphatic carbocycles. The third-order valence-corrected chi connectivity index (χ3v) is 3.25. The zero-order valence-corrected chi connectivity index (χ0v) is 11.2. The number of aryl methyl sites for hydroxylation is 1. The molecule has 1 aromatic rings. The summed E-state index contributed by atoms with van der Waals surface area (Å²) in [5, 5.41) is 3.15. The lowest BCUT2D eigenvalue weighted by atomic mass is 10.0. The summed E-state index contributed by atoms with van der Waals surface area (Å²) in [4.78, 5) is 0. The molecule has 3 nitrogen and oxygen atoms in total. The fourth-order valence-corrected chi connectivity index (χ4v) is 2.23. The largest absolute Gasteiger partial charge is 0.350 e. The molecule has 1 atom stereocenters. The predicted octanol–water partition coefficient (Wildman–Crippen LogP) is 2.69. The molecule has 1 aromatic carbocycles. The molecule has 0 saturated carbocycles. The highest BCUT2D eigenvalue weighted by Gasteiger charge is 2.25. The predicted molar refractivity (Wildman–Crippen MR) is 67.8 cm³/mol. The first-order valence-electron chi connectivity index (χ1n) is 6.54. The highest BCUT2D eigenvalue weighted by Crippen LogP contribution is 2.27. The molecule has 5 heteroatoms. The Morgan fingerprint density at radius 2 is 1.95 bits per heavy atom. The van der Waals surface area contributed by atoms with E-state index in [1.165, 1.54) is 0 Å². The fraction of sp³-hybridized carbons (Fsp3) is 0.571. The number of rotatable bonds is 5. The van der Waals surface area contributed by atoms with Crippen molar-refractivity contribution in [2.24, 2.45) is 0 Å². The number of hydrogen-bond donors (Lipinski definition) is 1. The van der Waals surface area contributed by atoms with Gasteiger partial charge in [-0.2, -0.15) is 0 Å². The number of halogens is 2. The van der Waals surface area contributed by atoms with E-state index in [1.54, 1.807) is 19.1 Å². The average molecular weight is 271 g/mol. The van der Waals surface area contributed by atoms with Crippen molar-refractivity contribution in [2.45, 2.75) is 32.6 Å². The van der Waals surface area contributed by atoms with Crippen LogP contribution in [0.2, 0.25) is 0 Å². The Morgan fingerprint density at radius 3 is 2.58 bits per heavy atom. The summed E-state index contributed by atoms with van der Waals surface area (Å²) in [6.45, 7) is 5.23. The number of nitrogens with one attached hydrogen (secondary N) is 1. The first-order valence-corrected chi connectivity index (χ1v) is 6.54. The van der Waals surface area contributed by atoms with Crippen LogP contribution in [0.25, 0.3) is 0 Å². The maximum atomic E-state index is 14.0. The van der Waals surface area contributed by atoms with Gasteiger partial charge >= 0.3 is 0 Å². The van der Waals surface area contributed by atoms with Crippen LogP contribution < -0.4 is 5.32 Å². The van der Waals surface area contributed by atoms with Crippen molar-refractivity contribution in [3.8, 4) is 0 Å². The van der Waals surface area contributed by atoms with Crippen LogP contribution in [0.3, 0.4) is 0 Å². The molecule has 19 heavy (non-hydrogen) atoms. The normalized spacial score (nSPS) is 17.9. The van der Waals surface area contributed by atoms with Gasteiger partial charge in [-0.25, -0.2) is 8.78 Å². The van der Waals surface area contributed by atoms with Crippen LogP contribution in [0.5, 0.6) is 0 Å². The van der Waals surface area contributed by atoms with Gasteiger partial charge < -0.3 is 14.8 Å². The first kappa shape index (κ1) is 14.4. The molecule has 1 saturated heterocycles. The van der Waals surface area contributed by atoms with Gasteiger partial charge in [0.2, 0.25) is 0 Å². The molecule has 1 aliphatic heterocycles. The van der Waals surface area contributed by atoms with Crippen molar-refractivity contribution in [1.82, 2.24) is 5.32 Å². The van der Waals surface area contributed by atoms with Crippen molar-refractivity contribution in [3.05, 3.63) is 34.9 Å². The minimum absolute atomic E-state index is 0.310. The van der Waals surface area contributed by atoms with Gasteiger partial charge in [-0.15, -0.1) is 0 Å². The van der Waals surface area contributed by atoms with E-state index in [0.29, 0.717) is 37.3 Å².